The van der Waals surface area contributed by atoms with Crippen molar-refractivity contribution in [1.82, 2.24) is 4.90 Å². The summed E-state index contributed by atoms with van der Waals surface area (Å²) in [6.45, 7) is 8.94. The number of rotatable bonds is 5. The van der Waals surface area contributed by atoms with Crippen molar-refractivity contribution in [1.29, 1.82) is 0 Å². The molecule has 1 aliphatic rings. The average molecular weight is 277 g/mol. The summed E-state index contributed by atoms with van der Waals surface area (Å²) in [5.74, 6) is 1.61. The first-order valence-electron chi connectivity index (χ1n) is 7.75. The van der Waals surface area contributed by atoms with Crippen LogP contribution in [0.2, 0.25) is 0 Å². The summed E-state index contributed by atoms with van der Waals surface area (Å²) in [5, 5.41) is 10.5. The smallest absolute Gasteiger partial charge is 0.125 e. The number of hydrogen-bond acceptors (Lipinski definition) is 3. The van der Waals surface area contributed by atoms with Gasteiger partial charge in [0, 0.05) is 18.2 Å². The van der Waals surface area contributed by atoms with E-state index in [4.69, 9.17) is 4.74 Å². The molecule has 1 aromatic carbocycles. The Hall–Kier alpha value is -1.06. The number of aliphatic hydroxyl groups excluding tert-OH is 1. The Balaban J connectivity index is 2.02. The fourth-order valence-electron chi connectivity index (χ4n) is 3.09. The van der Waals surface area contributed by atoms with E-state index in [1.165, 1.54) is 12.8 Å². The van der Waals surface area contributed by atoms with Crippen LogP contribution in [0.5, 0.6) is 5.75 Å². The molecule has 1 aliphatic heterocycles. The molecule has 0 amide bonds. The van der Waals surface area contributed by atoms with E-state index >= 15 is 0 Å². The van der Waals surface area contributed by atoms with Gasteiger partial charge in [-0.15, -0.1) is 0 Å². The Kier molecular flexibility index (Phi) is 5.44. The second kappa shape index (κ2) is 7.09. The zero-order valence-electron chi connectivity index (χ0n) is 12.9. The molecule has 0 spiro atoms. The minimum absolute atomic E-state index is 0.478. The van der Waals surface area contributed by atoms with E-state index in [0.29, 0.717) is 19.2 Å². The Labute approximate surface area is 122 Å². The monoisotopic (exact) mass is 277 g/mol. The standard InChI is InChI=1S/C17H27NO2/c1-4-20-17-8-6-5-7-15(17)16(19)12-18-10-9-13(2)11-14(18)3/h5-8,13-14,16,19H,4,9-12H2,1-3H3. The van der Waals surface area contributed by atoms with E-state index in [9.17, 15) is 5.11 Å². The number of para-hydroxylation sites is 1. The van der Waals surface area contributed by atoms with Crippen LogP contribution in [0.15, 0.2) is 24.3 Å². The number of piperidine rings is 1. The summed E-state index contributed by atoms with van der Waals surface area (Å²) >= 11 is 0. The number of nitrogens with zero attached hydrogens (tertiary/aromatic N) is 1. The van der Waals surface area contributed by atoms with Crippen LogP contribution < -0.4 is 4.74 Å². The molecule has 1 N–H and O–H groups in total. The van der Waals surface area contributed by atoms with Crippen LogP contribution >= 0.6 is 0 Å². The average Bonchev–Trinajstić information content (AvgIpc) is 2.43. The lowest BCUT2D eigenvalue weighted by atomic mass is 9.93. The third-order valence-corrected chi connectivity index (χ3v) is 4.26. The summed E-state index contributed by atoms with van der Waals surface area (Å²) in [6, 6.07) is 8.36. The van der Waals surface area contributed by atoms with Gasteiger partial charge in [-0.1, -0.05) is 25.1 Å². The Morgan fingerprint density at radius 1 is 1.35 bits per heavy atom. The topological polar surface area (TPSA) is 32.7 Å². The molecule has 1 heterocycles. The quantitative estimate of drug-likeness (QED) is 0.897. The van der Waals surface area contributed by atoms with Gasteiger partial charge in [0.1, 0.15) is 5.75 Å². The van der Waals surface area contributed by atoms with Gasteiger partial charge in [-0.05, 0) is 45.2 Å². The molecule has 3 atom stereocenters. The van der Waals surface area contributed by atoms with Crippen LogP contribution in [-0.4, -0.2) is 35.7 Å². The number of aliphatic hydroxyl groups is 1. The first kappa shape index (κ1) is 15.3. The summed E-state index contributed by atoms with van der Waals surface area (Å²) < 4.78 is 5.61. The lowest BCUT2D eigenvalue weighted by Crippen LogP contribution is -2.42. The van der Waals surface area contributed by atoms with Gasteiger partial charge in [0.05, 0.1) is 12.7 Å². The summed E-state index contributed by atoms with van der Waals surface area (Å²) in [7, 11) is 0. The fourth-order valence-corrected chi connectivity index (χ4v) is 3.09. The van der Waals surface area contributed by atoms with Crippen LogP contribution in [0.4, 0.5) is 0 Å². The lowest BCUT2D eigenvalue weighted by molar-refractivity contribution is 0.0587. The van der Waals surface area contributed by atoms with Crippen molar-refractivity contribution in [3.8, 4) is 5.75 Å². The van der Waals surface area contributed by atoms with E-state index in [2.05, 4.69) is 18.7 Å². The highest BCUT2D eigenvalue weighted by Gasteiger charge is 2.25. The molecule has 1 aromatic rings. The van der Waals surface area contributed by atoms with E-state index in [1.54, 1.807) is 0 Å². The molecule has 0 aromatic heterocycles. The summed E-state index contributed by atoms with van der Waals surface area (Å²) in [6.07, 6.45) is 1.97. The molecule has 0 saturated carbocycles. The van der Waals surface area contributed by atoms with Gasteiger partial charge in [0.2, 0.25) is 0 Å². The predicted octanol–water partition coefficient (Wildman–Crippen LogP) is 3.24. The third-order valence-electron chi connectivity index (χ3n) is 4.26. The fraction of sp³-hybridized carbons (Fsp3) is 0.647. The zero-order valence-corrected chi connectivity index (χ0v) is 12.9. The second-order valence-corrected chi connectivity index (χ2v) is 5.96. The number of benzene rings is 1. The van der Waals surface area contributed by atoms with Gasteiger partial charge >= 0.3 is 0 Å². The molecule has 0 radical (unpaired) electrons. The van der Waals surface area contributed by atoms with Crippen LogP contribution in [0.25, 0.3) is 0 Å². The highest BCUT2D eigenvalue weighted by molar-refractivity contribution is 5.35. The zero-order chi connectivity index (χ0) is 14.5. The Bertz CT molecular complexity index is 421. The summed E-state index contributed by atoms with van der Waals surface area (Å²) in [4.78, 5) is 2.40. The maximum absolute atomic E-state index is 10.5. The van der Waals surface area contributed by atoms with Crippen molar-refractivity contribution >= 4 is 0 Å². The number of likely N-dealkylation sites (tertiary alicyclic amines) is 1. The first-order valence-corrected chi connectivity index (χ1v) is 7.75. The molecule has 0 aliphatic carbocycles. The molecule has 1 saturated heterocycles. The van der Waals surface area contributed by atoms with Crippen molar-refractivity contribution in [3.63, 3.8) is 0 Å². The Morgan fingerprint density at radius 3 is 2.80 bits per heavy atom. The van der Waals surface area contributed by atoms with Gasteiger partial charge in [-0.2, -0.15) is 0 Å². The first-order chi connectivity index (χ1) is 9.61. The van der Waals surface area contributed by atoms with Gasteiger partial charge in [-0.25, -0.2) is 0 Å². The number of β-amino-alcohol motifs (C(OH)–C–C–N with tert-alkyl or cyclic N) is 1. The molecule has 3 heteroatoms. The largest absolute Gasteiger partial charge is 0.493 e. The molecule has 2 rings (SSSR count). The molecule has 3 unspecified atom stereocenters. The van der Waals surface area contributed by atoms with Crippen molar-refractivity contribution in [2.75, 3.05) is 19.7 Å². The van der Waals surface area contributed by atoms with Crippen molar-refractivity contribution < 1.29 is 9.84 Å². The highest BCUT2D eigenvalue weighted by Crippen LogP contribution is 2.28. The molecule has 1 fully saturated rings. The molecule has 0 bridgehead atoms. The van der Waals surface area contributed by atoms with Crippen LogP contribution in [0.1, 0.15) is 45.3 Å². The van der Waals surface area contributed by atoms with Gasteiger partial charge in [0.25, 0.3) is 0 Å². The van der Waals surface area contributed by atoms with Crippen LogP contribution in [0.3, 0.4) is 0 Å². The second-order valence-electron chi connectivity index (χ2n) is 5.96. The predicted molar refractivity (Wildman–Crippen MR) is 82.0 cm³/mol. The van der Waals surface area contributed by atoms with E-state index in [1.807, 2.05) is 31.2 Å². The molecular weight excluding hydrogens is 250 g/mol. The van der Waals surface area contributed by atoms with E-state index < -0.39 is 6.10 Å². The van der Waals surface area contributed by atoms with Crippen LogP contribution in [0, 0.1) is 5.92 Å². The maximum Gasteiger partial charge on any atom is 0.125 e. The minimum Gasteiger partial charge on any atom is -0.493 e. The lowest BCUT2D eigenvalue weighted by Gasteiger charge is -2.37. The third kappa shape index (κ3) is 3.74. The van der Waals surface area contributed by atoms with Gasteiger partial charge in [0.15, 0.2) is 0 Å². The summed E-state index contributed by atoms with van der Waals surface area (Å²) in [5.41, 5.74) is 0.903. The molecule has 3 nitrogen and oxygen atoms in total. The molecule has 20 heavy (non-hydrogen) atoms. The van der Waals surface area contributed by atoms with Gasteiger partial charge < -0.3 is 9.84 Å². The number of hydrogen-bond donors (Lipinski definition) is 1. The minimum atomic E-state index is -0.478. The van der Waals surface area contributed by atoms with Gasteiger partial charge in [-0.3, -0.25) is 4.90 Å². The van der Waals surface area contributed by atoms with Crippen molar-refractivity contribution in [2.24, 2.45) is 5.92 Å². The number of ether oxygens (including phenoxy) is 1. The SMILES string of the molecule is CCOc1ccccc1C(O)CN1CCC(C)CC1C. The van der Waals surface area contributed by atoms with Crippen molar-refractivity contribution in [2.45, 2.75) is 45.8 Å². The maximum atomic E-state index is 10.5. The normalized spacial score (nSPS) is 25.4. The molecule has 112 valence electrons. The van der Waals surface area contributed by atoms with E-state index in [-0.39, 0.29) is 0 Å². The van der Waals surface area contributed by atoms with Crippen LogP contribution in [-0.2, 0) is 0 Å². The highest BCUT2D eigenvalue weighted by atomic mass is 16.5. The molecular formula is C17H27NO2. The Morgan fingerprint density at radius 2 is 2.10 bits per heavy atom. The van der Waals surface area contributed by atoms with E-state index in [0.717, 1.165) is 23.8 Å². The van der Waals surface area contributed by atoms with Crippen molar-refractivity contribution in [3.05, 3.63) is 29.8 Å².